The van der Waals surface area contributed by atoms with E-state index in [1.54, 1.807) is 0 Å². The number of hydrogen-bond donors (Lipinski definition) is 3. The van der Waals surface area contributed by atoms with Gasteiger partial charge in [0.1, 0.15) is 0 Å². The van der Waals surface area contributed by atoms with Gasteiger partial charge in [-0.3, -0.25) is 9.59 Å². The minimum atomic E-state index is -0.829. The lowest BCUT2D eigenvalue weighted by Gasteiger charge is -2.11. The maximum absolute atomic E-state index is 11.4. The Kier molecular flexibility index (Phi) is 7.62. The lowest BCUT2D eigenvalue weighted by molar-refractivity contribution is -0.137. The summed E-state index contributed by atoms with van der Waals surface area (Å²) in [5.41, 5.74) is 0. The van der Waals surface area contributed by atoms with E-state index in [1.165, 1.54) is 0 Å². The molecule has 0 saturated heterocycles. The van der Waals surface area contributed by atoms with Gasteiger partial charge in [-0.1, -0.05) is 13.8 Å². The van der Waals surface area contributed by atoms with Crippen LogP contribution in [0.25, 0.3) is 0 Å². The molecule has 0 spiro atoms. The average Bonchev–Trinajstić information content (AvgIpc) is 2.20. The number of nitrogens with one attached hydrogen (secondary N) is 2. The molecule has 0 aliphatic heterocycles. The molecule has 0 heterocycles. The maximum atomic E-state index is 11.4. The maximum Gasteiger partial charge on any atom is 0.303 e. The van der Waals surface area contributed by atoms with Crippen molar-refractivity contribution in [1.29, 1.82) is 0 Å². The molecule has 0 aliphatic rings. The van der Waals surface area contributed by atoms with Crippen LogP contribution in [0.2, 0.25) is 0 Å². The third kappa shape index (κ3) is 7.93. The summed E-state index contributed by atoms with van der Waals surface area (Å²) >= 11 is 0. The Labute approximate surface area is 90.2 Å². The molecule has 3 N–H and O–H groups in total. The second-order valence-electron chi connectivity index (χ2n) is 3.50. The Morgan fingerprint density at radius 1 is 1.40 bits per heavy atom. The SMILES string of the molecule is CCNCC(C)C(=O)NCCCC(=O)O. The molecule has 0 rings (SSSR count). The van der Waals surface area contributed by atoms with Crippen molar-refractivity contribution in [1.82, 2.24) is 10.6 Å². The number of carboxylic acid groups (broad SMARTS) is 1. The van der Waals surface area contributed by atoms with Gasteiger partial charge in [0.2, 0.25) is 5.91 Å². The van der Waals surface area contributed by atoms with E-state index in [1.807, 2.05) is 13.8 Å². The van der Waals surface area contributed by atoms with Crippen molar-refractivity contribution in [2.75, 3.05) is 19.6 Å². The van der Waals surface area contributed by atoms with Crippen molar-refractivity contribution in [3.05, 3.63) is 0 Å². The van der Waals surface area contributed by atoms with Crippen LogP contribution in [0.15, 0.2) is 0 Å². The topological polar surface area (TPSA) is 78.4 Å². The first-order valence-electron chi connectivity index (χ1n) is 5.28. The standard InChI is InChI=1S/C10H20N2O3/c1-3-11-7-8(2)10(15)12-6-4-5-9(13)14/h8,11H,3-7H2,1-2H3,(H,12,15)(H,13,14). The fourth-order valence-electron chi connectivity index (χ4n) is 1.08. The van der Waals surface area contributed by atoms with Crippen LogP contribution in [-0.2, 0) is 9.59 Å². The molecule has 0 aromatic heterocycles. The lowest BCUT2D eigenvalue weighted by Crippen LogP contribution is -2.35. The Hall–Kier alpha value is -1.10. The summed E-state index contributed by atoms with van der Waals surface area (Å²) in [4.78, 5) is 21.6. The van der Waals surface area contributed by atoms with Gasteiger partial charge < -0.3 is 15.7 Å². The van der Waals surface area contributed by atoms with E-state index in [-0.39, 0.29) is 18.2 Å². The quantitative estimate of drug-likeness (QED) is 0.507. The summed E-state index contributed by atoms with van der Waals surface area (Å²) in [5, 5.41) is 14.2. The molecule has 1 unspecified atom stereocenters. The average molecular weight is 216 g/mol. The highest BCUT2D eigenvalue weighted by Gasteiger charge is 2.10. The number of carbonyl (C=O) groups excluding carboxylic acids is 1. The second kappa shape index (κ2) is 8.23. The molecule has 0 saturated carbocycles. The summed E-state index contributed by atoms with van der Waals surface area (Å²) in [6.45, 7) is 5.76. The van der Waals surface area contributed by atoms with Crippen LogP contribution >= 0.6 is 0 Å². The van der Waals surface area contributed by atoms with Gasteiger partial charge in [-0.15, -0.1) is 0 Å². The number of hydrogen-bond acceptors (Lipinski definition) is 3. The highest BCUT2D eigenvalue weighted by atomic mass is 16.4. The Morgan fingerprint density at radius 3 is 2.60 bits per heavy atom. The van der Waals surface area contributed by atoms with Gasteiger partial charge >= 0.3 is 5.97 Å². The van der Waals surface area contributed by atoms with Crippen LogP contribution in [-0.4, -0.2) is 36.6 Å². The first kappa shape index (κ1) is 13.9. The monoisotopic (exact) mass is 216 g/mol. The molecular weight excluding hydrogens is 196 g/mol. The summed E-state index contributed by atoms with van der Waals surface area (Å²) in [6, 6.07) is 0. The van der Waals surface area contributed by atoms with Crippen molar-refractivity contribution < 1.29 is 14.7 Å². The number of aliphatic carboxylic acids is 1. The van der Waals surface area contributed by atoms with Gasteiger partial charge in [0, 0.05) is 25.4 Å². The van der Waals surface area contributed by atoms with E-state index in [0.717, 1.165) is 6.54 Å². The first-order valence-corrected chi connectivity index (χ1v) is 5.28. The normalized spacial score (nSPS) is 12.1. The fraction of sp³-hybridized carbons (Fsp3) is 0.800. The van der Waals surface area contributed by atoms with Gasteiger partial charge in [-0.2, -0.15) is 0 Å². The minimum absolute atomic E-state index is 0.0265. The van der Waals surface area contributed by atoms with Gasteiger partial charge in [0.05, 0.1) is 0 Å². The highest BCUT2D eigenvalue weighted by molar-refractivity contribution is 5.78. The van der Waals surface area contributed by atoms with Crippen molar-refractivity contribution in [2.45, 2.75) is 26.7 Å². The fourth-order valence-corrected chi connectivity index (χ4v) is 1.08. The van der Waals surface area contributed by atoms with E-state index >= 15 is 0 Å². The molecule has 0 radical (unpaired) electrons. The largest absolute Gasteiger partial charge is 0.481 e. The molecule has 0 aromatic carbocycles. The smallest absolute Gasteiger partial charge is 0.303 e. The molecule has 0 aromatic rings. The third-order valence-electron chi connectivity index (χ3n) is 2.01. The molecule has 0 aliphatic carbocycles. The molecular formula is C10H20N2O3. The number of carboxylic acids is 1. The third-order valence-corrected chi connectivity index (χ3v) is 2.01. The molecule has 1 atom stereocenters. The minimum Gasteiger partial charge on any atom is -0.481 e. The van der Waals surface area contributed by atoms with Crippen LogP contribution in [0.3, 0.4) is 0 Å². The second-order valence-corrected chi connectivity index (χ2v) is 3.50. The lowest BCUT2D eigenvalue weighted by atomic mass is 10.1. The van der Waals surface area contributed by atoms with Gasteiger partial charge in [-0.05, 0) is 13.0 Å². The van der Waals surface area contributed by atoms with Crippen LogP contribution in [0.4, 0.5) is 0 Å². The Bertz CT molecular complexity index is 207. The van der Waals surface area contributed by atoms with E-state index in [0.29, 0.717) is 19.5 Å². The Morgan fingerprint density at radius 2 is 2.07 bits per heavy atom. The summed E-state index contributed by atoms with van der Waals surface area (Å²) in [7, 11) is 0. The van der Waals surface area contributed by atoms with E-state index in [2.05, 4.69) is 10.6 Å². The number of amides is 1. The van der Waals surface area contributed by atoms with Crippen LogP contribution in [0, 0.1) is 5.92 Å². The molecule has 5 nitrogen and oxygen atoms in total. The first-order chi connectivity index (χ1) is 7.07. The zero-order chi connectivity index (χ0) is 11.7. The van der Waals surface area contributed by atoms with Crippen molar-refractivity contribution in [3.8, 4) is 0 Å². The summed E-state index contributed by atoms with van der Waals surface area (Å²) < 4.78 is 0. The Balaban J connectivity index is 3.51. The van der Waals surface area contributed by atoms with E-state index in [4.69, 9.17) is 5.11 Å². The van der Waals surface area contributed by atoms with Crippen molar-refractivity contribution in [3.63, 3.8) is 0 Å². The van der Waals surface area contributed by atoms with E-state index < -0.39 is 5.97 Å². The zero-order valence-electron chi connectivity index (χ0n) is 9.38. The van der Waals surface area contributed by atoms with Crippen molar-refractivity contribution in [2.24, 2.45) is 5.92 Å². The highest BCUT2D eigenvalue weighted by Crippen LogP contribution is 1.93. The zero-order valence-corrected chi connectivity index (χ0v) is 9.38. The van der Waals surface area contributed by atoms with E-state index in [9.17, 15) is 9.59 Å². The molecule has 88 valence electrons. The molecule has 1 amide bonds. The predicted molar refractivity (Wildman–Crippen MR) is 57.6 cm³/mol. The number of rotatable bonds is 8. The molecule has 0 bridgehead atoms. The summed E-state index contributed by atoms with van der Waals surface area (Å²) in [5.74, 6) is -0.930. The molecule has 15 heavy (non-hydrogen) atoms. The van der Waals surface area contributed by atoms with Crippen LogP contribution in [0.5, 0.6) is 0 Å². The van der Waals surface area contributed by atoms with Crippen molar-refractivity contribution >= 4 is 11.9 Å². The molecule has 5 heteroatoms. The van der Waals surface area contributed by atoms with Gasteiger partial charge in [0.25, 0.3) is 0 Å². The molecule has 0 fully saturated rings. The number of carbonyl (C=O) groups is 2. The summed E-state index contributed by atoms with van der Waals surface area (Å²) in [6.07, 6.45) is 0.580. The van der Waals surface area contributed by atoms with Gasteiger partial charge in [-0.25, -0.2) is 0 Å². The predicted octanol–water partition coefficient (Wildman–Crippen LogP) is 0.213. The van der Waals surface area contributed by atoms with Gasteiger partial charge in [0.15, 0.2) is 0 Å². The van der Waals surface area contributed by atoms with Crippen LogP contribution < -0.4 is 10.6 Å². The van der Waals surface area contributed by atoms with Crippen LogP contribution in [0.1, 0.15) is 26.7 Å².